The maximum absolute atomic E-state index is 11.5. The Hall–Kier alpha value is -2.05. The highest BCUT2D eigenvalue weighted by atomic mass is 16.6. The van der Waals surface area contributed by atoms with Crippen molar-refractivity contribution in [1.82, 2.24) is 9.78 Å². The molecule has 0 aliphatic carbocycles. The van der Waals surface area contributed by atoms with Crippen molar-refractivity contribution in [2.45, 2.75) is 26.4 Å². The summed E-state index contributed by atoms with van der Waals surface area (Å²) >= 11 is 0. The highest BCUT2D eigenvalue weighted by molar-refractivity contribution is 5.97. The fraction of sp³-hybridized carbons (Fsp3) is 0.500. The number of aromatic nitrogens is 2. The summed E-state index contributed by atoms with van der Waals surface area (Å²) in [6.45, 7) is 5.15. The lowest BCUT2D eigenvalue weighted by atomic mass is 10.2. The van der Waals surface area contributed by atoms with Gasteiger partial charge in [0.2, 0.25) is 0 Å². The van der Waals surface area contributed by atoms with E-state index < -0.39 is 17.7 Å². The largest absolute Gasteiger partial charge is 0.477 e. The fourth-order valence-electron chi connectivity index (χ4n) is 1.14. The fourth-order valence-corrected chi connectivity index (χ4v) is 1.14. The van der Waals surface area contributed by atoms with Gasteiger partial charge in [-0.1, -0.05) is 0 Å². The maximum atomic E-state index is 11.5. The van der Waals surface area contributed by atoms with Gasteiger partial charge in [0.05, 0.1) is 6.20 Å². The van der Waals surface area contributed by atoms with Crippen molar-refractivity contribution in [2.75, 3.05) is 5.32 Å². The molecular formula is C10H15N3O4. The summed E-state index contributed by atoms with van der Waals surface area (Å²) in [7, 11) is 1.53. The van der Waals surface area contributed by atoms with E-state index >= 15 is 0 Å². The lowest BCUT2D eigenvalue weighted by molar-refractivity contribution is 0.0634. The van der Waals surface area contributed by atoms with Gasteiger partial charge in [0.15, 0.2) is 0 Å². The number of ether oxygens (including phenoxy) is 1. The first-order chi connectivity index (χ1) is 7.70. The number of amides is 1. The van der Waals surface area contributed by atoms with Crippen LogP contribution in [0.1, 0.15) is 31.1 Å². The number of carboxylic acids is 1. The van der Waals surface area contributed by atoms with Crippen LogP contribution in [-0.4, -0.2) is 32.6 Å². The third kappa shape index (κ3) is 3.47. The van der Waals surface area contributed by atoms with Gasteiger partial charge in [0, 0.05) is 7.05 Å². The summed E-state index contributed by atoms with van der Waals surface area (Å²) in [6, 6.07) is 0. The van der Waals surface area contributed by atoms with Crippen LogP contribution in [0.3, 0.4) is 0 Å². The molecule has 1 heterocycles. The number of aromatic carboxylic acids is 1. The van der Waals surface area contributed by atoms with Crippen LogP contribution in [0.5, 0.6) is 0 Å². The second-order valence-corrected chi connectivity index (χ2v) is 4.46. The standard InChI is InChI=1S/C10H15N3O4/c1-10(2,3)17-9(16)12-7-6(8(14)15)5-11-13(7)4/h5H,1-4H3,(H,12,16)(H,14,15). The van der Waals surface area contributed by atoms with Gasteiger partial charge < -0.3 is 9.84 Å². The smallest absolute Gasteiger partial charge is 0.413 e. The molecule has 1 rings (SSSR count). The summed E-state index contributed by atoms with van der Waals surface area (Å²) in [4.78, 5) is 22.3. The first-order valence-electron chi connectivity index (χ1n) is 4.96. The topological polar surface area (TPSA) is 93.5 Å². The highest BCUT2D eigenvalue weighted by Crippen LogP contribution is 2.15. The van der Waals surface area contributed by atoms with Crippen molar-refractivity contribution in [3.63, 3.8) is 0 Å². The third-order valence-electron chi connectivity index (χ3n) is 1.79. The van der Waals surface area contributed by atoms with Gasteiger partial charge >= 0.3 is 12.1 Å². The quantitative estimate of drug-likeness (QED) is 0.817. The Kier molecular flexibility index (Phi) is 3.40. The molecule has 17 heavy (non-hydrogen) atoms. The Bertz CT molecular complexity index is 445. The molecule has 0 aliphatic rings. The van der Waals surface area contributed by atoms with Crippen LogP contribution in [0.15, 0.2) is 6.20 Å². The van der Waals surface area contributed by atoms with E-state index in [4.69, 9.17) is 9.84 Å². The van der Waals surface area contributed by atoms with Gasteiger partial charge in [-0.3, -0.25) is 10.00 Å². The zero-order chi connectivity index (χ0) is 13.2. The first kappa shape index (κ1) is 13.0. The number of hydrogen-bond donors (Lipinski definition) is 2. The van der Waals surface area contributed by atoms with Crippen LogP contribution < -0.4 is 5.32 Å². The molecule has 0 bridgehead atoms. The SMILES string of the molecule is Cn1ncc(C(=O)O)c1NC(=O)OC(C)(C)C. The van der Waals surface area contributed by atoms with Crippen LogP contribution in [0.4, 0.5) is 10.6 Å². The average Bonchev–Trinajstić information content (AvgIpc) is 2.44. The molecule has 0 unspecified atom stereocenters. The van der Waals surface area contributed by atoms with Gasteiger partial charge in [0.25, 0.3) is 0 Å². The summed E-state index contributed by atoms with van der Waals surface area (Å²) < 4.78 is 6.27. The molecule has 1 aromatic heterocycles. The molecule has 0 radical (unpaired) electrons. The van der Waals surface area contributed by atoms with Crippen molar-refractivity contribution in [1.29, 1.82) is 0 Å². The summed E-state index contributed by atoms with van der Waals surface area (Å²) in [6.07, 6.45) is 0.443. The van der Waals surface area contributed by atoms with Crippen LogP contribution in [0.2, 0.25) is 0 Å². The van der Waals surface area contributed by atoms with Crippen LogP contribution in [0, 0.1) is 0 Å². The molecule has 0 aliphatic heterocycles. The number of anilines is 1. The number of carbonyl (C=O) groups is 2. The van der Waals surface area contributed by atoms with E-state index in [-0.39, 0.29) is 11.4 Å². The van der Waals surface area contributed by atoms with Gasteiger partial charge in [-0.15, -0.1) is 0 Å². The summed E-state index contributed by atoms with van der Waals surface area (Å²) in [5.41, 5.74) is -0.732. The molecule has 0 aromatic carbocycles. The predicted octanol–water partition coefficient (Wildman–Crippen LogP) is 1.47. The van der Waals surface area contributed by atoms with Crippen molar-refractivity contribution in [3.05, 3.63) is 11.8 Å². The molecule has 7 nitrogen and oxygen atoms in total. The van der Waals surface area contributed by atoms with E-state index in [1.165, 1.54) is 11.7 Å². The molecule has 0 saturated heterocycles. The lowest BCUT2D eigenvalue weighted by Crippen LogP contribution is -2.28. The molecule has 0 atom stereocenters. The van der Waals surface area contributed by atoms with Gasteiger partial charge in [-0.25, -0.2) is 9.59 Å². The van der Waals surface area contributed by atoms with Crippen LogP contribution >= 0.6 is 0 Å². The van der Waals surface area contributed by atoms with E-state index in [0.29, 0.717) is 0 Å². The number of nitrogens with zero attached hydrogens (tertiary/aromatic N) is 2. The van der Waals surface area contributed by atoms with E-state index in [9.17, 15) is 9.59 Å². The number of hydrogen-bond acceptors (Lipinski definition) is 4. The molecule has 1 aromatic rings. The molecular weight excluding hydrogens is 226 g/mol. The van der Waals surface area contributed by atoms with Crippen molar-refractivity contribution in [3.8, 4) is 0 Å². The van der Waals surface area contributed by atoms with Gasteiger partial charge in [-0.2, -0.15) is 5.10 Å². The van der Waals surface area contributed by atoms with E-state index in [1.54, 1.807) is 20.8 Å². The van der Waals surface area contributed by atoms with E-state index in [0.717, 1.165) is 6.20 Å². The molecule has 2 N–H and O–H groups in total. The molecule has 0 fully saturated rings. The lowest BCUT2D eigenvalue weighted by Gasteiger charge is -2.19. The maximum Gasteiger partial charge on any atom is 0.413 e. The van der Waals surface area contributed by atoms with Crippen molar-refractivity contribution < 1.29 is 19.4 Å². The first-order valence-corrected chi connectivity index (χ1v) is 4.96. The predicted molar refractivity (Wildman–Crippen MR) is 60.0 cm³/mol. The van der Waals surface area contributed by atoms with Crippen molar-refractivity contribution in [2.24, 2.45) is 7.05 Å². The Morgan fingerprint density at radius 2 is 2.06 bits per heavy atom. The molecule has 1 amide bonds. The minimum Gasteiger partial charge on any atom is -0.477 e. The van der Waals surface area contributed by atoms with Gasteiger partial charge in [-0.05, 0) is 20.8 Å². The Balaban J connectivity index is 2.85. The van der Waals surface area contributed by atoms with Crippen LogP contribution in [0.25, 0.3) is 0 Å². The van der Waals surface area contributed by atoms with Crippen LogP contribution in [-0.2, 0) is 11.8 Å². The highest BCUT2D eigenvalue weighted by Gasteiger charge is 2.21. The number of carbonyl (C=O) groups excluding carboxylic acids is 1. The number of carboxylic acid groups (broad SMARTS) is 1. The molecule has 7 heteroatoms. The van der Waals surface area contributed by atoms with E-state index in [2.05, 4.69) is 10.4 Å². The summed E-state index contributed by atoms with van der Waals surface area (Å²) in [5, 5.41) is 15.0. The minimum absolute atomic E-state index is 0.0849. The number of aryl methyl sites for hydroxylation is 1. The Morgan fingerprint density at radius 1 is 1.47 bits per heavy atom. The van der Waals surface area contributed by atoms with Gasteiger partial charge in [0.1, 0.15) is 17.0 Å². The van der Waals surface area contributed by atoms with Crippen molar-refractivity contribution >= 4 is 17.9 Å². The monoisotopic (exact) mass is 241 g/mol. The second-order valence-electron chi connectivity index (χ2n) is 4.46. The Morgan fingerprint density at radius 3 is 2.53 bits per heavy atom. The third-order valence-corrected chi connectivity index (χ3v) is 1.79. The molecule has 0 saturated carbocycles. The summed E-state index contributed by atoms with van der Waals surface area (Å²) in [5.74, 6) is -1.07. The zero-order valence-corrected chi connectivity index (χ0v) is 10.1. The minimum atomic E-state index is -1.16. The van der Waals surface area contributed by atoms with E-state index in [1.807, 2.05) is 0 Å². The molecule has 94 valence electrons. The number of nitrogens with one attached hydrogen (secondary N) is 1. The molecule has 0 spiro atoms. The average molecular weight is 241 g/mol. The Labute approximate surface area is 98.4 Å². The number of rotatable bonds is 2. The zero-order valence-electron chi connectivity index (χ0n) is 10.1. The second kappa shape index (κ2) is 4.44. The normalized spacial score (nSPS) is 11.1.